The number of likely N-dealkylation sites (tertiary alicyclic amines) is 1. The van der Waals surface area contributed by atoms with Gasteiger partial charge in [-0.1, -0.05) is 42.5 Å². The highest BCUT2D eigenvalue weighted by Crippen LogP contribution is 2.15. The summed E-state index contributed by atoms with van der Waals surface area (Å²) in [5, 5.41) is 13.7. The number of aliphatic hydroxyl groups is 1. The average molecular weight is 342 g/mol. The van der Waals surface area contributed by atoms with Crippen molar-refractivity contribution in [2.24, 2.45) is 0 Å². The molecule has 0 aliphatic carbocycles. The summed E-state index contributed by atoms with van der Waals surface area (Å²) < 4.78 is 12.9. The molecule has 1 aliphatic heterocycles. The van der Waals surface area contributed by atoms with Crippen LogP contribution in [0.3, 0.4) is 0 Å². The molecule has 2 N–H and O–H groups in total. The molecule has 0 bridgehead atoms. The van der Waals surface area contributed by atoms with E-state index < -0.39 is 6.10 Å². The van der Waals surface area contributed by atoms with Crippen LogP contribution in [0.2, 0.25) is 0 Å². The molecule has 0 amide bonds. The zero-order valence-corrected chi connectivity index (χ0v) is 14.6. The molecule has 1 saturated heterocycles. The lowest BCUT2D eigenvalue weighted by molar-refractivity contribution is 0.152. The van der Waals surface area contributed by atoms with E-state index in [1.807, 2.05) is 0 Å². The molecular formula is C21H27FN2O. The van der Waals surface area contributed by atoms with Crippen LogP contribution in [0.5, 0.6) is 0 Å². The van der Waals surface area contributed by atoms with Crippen molar-refractivity contribution in [1.82, 2.24) is 10.2 Å². The number of nitrogens with zero attached hydrogens (tertiary/aromatic N) is 1. The Labute approximate surface area is 149 Å². The average Bonchev–Trinajstić information content (AvgIpc) is 2.67. The second-order valence-electron chi connectivity index (χ2n) is 6.83. The van der Waals surface area contributed by atoms with Crippen LogP contribution in [0.1, 0.15) is 30.1 Å². The minimum absolute atomic E-state index is 0.271. The maximum absolute atomic E-state index is 12.9. The molecule has 0 saturated carbocycles. The smallest absolute Gasteiger partial charge is 0.123 e. The van der Waals surface area contributed by atoms with Crippen LogP contribution in [-0.2, 0) is 6.42 Å². The van der Waals surface area contributed by atoms with Gasteiger partial charge in [0, 0.05) is 19.1 Å². The highest BCUT2D eigenvalue weighted by atomic mass is 19.1. The SMILES string of the molecule is OC(CNC1CCN(CCc2ccccc2)CC1)c1ccc(F)cc1. The zero-order valence-electron chi connectivity index (χ0n) is 14.6. The first kappa shape index (κ1) is 18.1. The first-order chi connectivity index (χ1) is 12.2. The second kappa shape index (κ2) is 9.09. The number of rotatable bonds is 7. The van der Waals surface area contributed by atoms with Gasteiger partial charge in [0.15, 0.2) is 0 Å². The predicted octanol–water partition coefficient (Wildman–Crippen LogP) is 3.16. The number of hydrogen-bond acceptors (Lipinski definition) is 3. The fraction of sp³-hybridized carbons (Fsp3) is 0.429. The molecule has 134 valence electrons. The molecular weight excluding hydrogens is 315 g/mol. The van der Waals surface area contributed by atoms with Crippen molar-refractivity contribution in [2.45, 2.75) is 31.4 Å². The third-order valence-corrected chi connectivity index (χ3v) is 5.00. The van der Waals surface area contributed by atoms with Crippen LogP contribution < -0.4 is 5.32 Å². The Morgan fingerprint density at radius 3 is 2.40 bits per heavy atom. The summed E-state index contributed by atoms with van der Waals surface area (Å²) in [5.41, 5.74) is 2.15. The van der Waals surface area contributed by atoms with Gasteiger partial charge in [0.2, 0.25) is 0 Å². The summed E-state index contributed by atoms with van der Waals surface area (Å²) in [6.45, 7) is 3.81. The highest BCUT2D eigenvalue weighted by molar-refractivity contribution is 5.18. The normalized spacial score (nSPS) is 17.5. The summed E-state index contributed by atoms with van der Waals surface area (Å²) >= 11 is 0. The molecule has 0 aromatic heterocycles. The van der Waals surface area contributed by atoms with E-state index in [2.05, 4.69) is 40.5 Å². The van der Waals surface area contributed by atoms with Gasteiger partial charge in [0.05, 0.1) is 6.10 Å². The van der Waals surface area contributed by atoms with Crippen molar-refractivity contribution < 1.29 is 9.50 Å². The Hall–Kier alpha value is -1.75. The van der Waals surface area contributed by atoms with Gasteiger partial charge >= 0.3 is 0 Å². The van der Waals surface area contributed by atoms with Gasteiger partial charge in [0.25, 0.3) is 0 Å². The summed E-state index contributed by atoms with van der Waals surface area (Å²) in [6, 6.07) is 17.1. The second-order valence-corrected chi connectivity index (χ2v) is 6.83. The Bertz CT molecular complexity index is 624. The van der Waals surface area contributed by atoms with E-state index >= 15 is 0 Å². The molecule has 0 radical (unpaired) electrons. The van der Waals surface area contributed by atoms with Gasteiger partial charge in [0.1, 0.15) is 5.82 Å². The monoisotopic (exact) mass is 342 g/mol. The molecule has 2 aromatic carbocycles. The molecule has 1 fully saturated rings. The van der Waals surface area contributed by atoms with Crippen LogP contribution in [0.25, 0.3) is 0 Å². The number of benzene rings is 2. The summed E-state index contributed by atoms with van der Waals surface area (Å²) in [5.74, 6) is -0.271. The van der Waals surface area contributed by atoms with Crippen molar-refractivity contribution >= 4 is 0 Å². The van der Waals surface area contributed by atoms with Gasteiger partial charge in [-0.3, -0.25) is 0 Å². The van der Waals surface area contributed by atoms with Gasteiger partial charge in [-0.05, 0) is 55.6 Å². The van der Waals surface area contributed by atoms with Gasteiger partial charge in [-0.25, -0.2) is 4.39 Å². The lowest BCUT2D eigenvalue weighted by Crippen LogP contribution is -2.44. The molecule has 1 atom stereocenters. The minimum atomic E-state index is -0.586. The molecule has 1 unspecified atom stereocenters. The standard InChI is InChI=1S/C21H27FN2O/c22-19-8-6-18(7-9-19)21(25)16-23-20-11-14-24(15-12-20)13-10-17-4-2-1-3-5-17/h1-9,20-21,23,25H,10-16H2. The molecule has 1 aliphatic rings. The Morgan fingerprint density at radius 1 is 1.04 bits per heavy atom. The van der Waals surface area contributed by atoms with Crippen LogP contribution in [0.4, 0.5) is 4.39 Å². The van der Waals surface area contributed by atoms with Crippen molar-refractivity contribution in [3.8, 4) is 0 Å². The quantitative estimate of drug-likeness (QED) is 0.811. The topological polar surface area (TPSA) is 35.5 Å². The van der Waals surface area contributed by atoms with Crippen LogP contribution in [0.15, 0.2) is 54.6 Å². The Kier molecular flexibility index (Phi) is 6.56. The summed E-state index contributed by atoms with van der Waals surface area (Å²) in [4.78, 5) is 2.52. The molecule has 0 spiro atoms. The van der Waals surface area contributed by atoms with Gasteiger partial charge < -0.3 is 15.3 Å². The van der Waals surface area contributed by atoms with E-state index in [0.29, 0.717) is 12.6 Å². The molecule has 3 nitrogen and oxygen atoms in total. The first-order valence-electron chi connectivity index (χ1n) is 9.14. The molecule has 2 aromatic rings. The maximum Gasteiger partial charge on any atom is 0.123 e. The van der Waals surface area contributed by atoms with Gasteiger partial charge in [-0.2, -0.15) is 0 Å². The number of nitrogens with one attached hydrogen (secondary N) is 1. The molecule has 3 rings (SSSR count). The minimum Gasteiger partial charge on any atom is -0.387 e. The lowest BCUT2D eigenvalue weighted by atomic mass is 10.0. The van der Waals surface area contributed by atoms with Crippen molar-refractivity contribution in [3.05, 3.63) is 71.5 Å². The van der Waals surface area contributed by atoms with E-state index in [1.165, 1.54) is 17.7 Å². The molecule has 4 heteroatoms. The fourth-order valence-electron chi connectivity index (χ4n) is 3.37. The lowest BCUT2D eigenvalue weighted by Gasteiger charge is -2.33. The predicted molar refractivity (Wildman–Crippen MR) is 99.0 cm³/mol. The van der Waals surface area contributed by atoms with Crippen LogP contribution in [0, 0.1) is 5.82 Å². The number of piperidine rings is 1. The maximum atomic E-state index is 12.9. The summed E-state index contributed by atoms with van der Waals surface area (Å²) in [7, 11) is 0. The zero-order chi connectivity index (χ0) is 17.5. The van der Waals surface area contributed by atoms with E-state index in [0.717, 1.165) is 44.5 Å². The number of hydrogen-bond donors (Lipinski definition) is 2. The van der Waals surface area contributed by atoms with E-state index in [9.17, 15) is 9.50 Å². The largest absolute Gasteiger partial charge is 0.387 e. The fourth-order valence-corrected chi connectivity index (χ4v) is 3.37. The highest BCUT2D eigenvalue weighted by Gasteiger charge is 2.19. The summed E-state index contributed by atoms with van der Waals surface area (Å²) in [6.07, 6.45) is 2.72. The van der Waals surface area contributed by atoms with E-state index in [4.69, 9.17) is 0 Å². The van der Waals surface area contributed by atoms with E-state index in [-0.39, 0.29) is 5.82 Å². The first-order valence-corrected chi connectivity index (χ1v) is 9.14. The molecule has 25 heavy (non-hydrogen) atoms. The van der Waals surface area contributed by atoms with Gasteiger partial charge in [-0.15, -0.1) is 0 Å². The third kappa shape index (κ3) is 5.63. The Morgan fingerprint density at radius 2 is 1.72 bits per heavy atom. The van der Waals surface area contributed by atoms with Crippen molar-refractivity contribution in [2.75, 3.05) is 26.2 Å². The van der Waals surface area contributed by atoms with E-state index in [1.54, 1.807) is 12.1 Å². The van der Waals surface area contributed by atoms with Crippen LogP contribution >= 0.6 is 0 Å². The van der Waals surface area contributed by atoms with Crippen molar-refractivity contribution in [1.29, 1.82) is 0 Å². The number of aliphatic hydroxyl groups excluding tert-OH is 1. The molecule has 1 heterocycles. The van der Waals surface area contributed by atoms with Crippen LogP contribution in [-0.4, -0.2) is 42.2 Å². The number of halogens is 1. The third-order valence-electron chi connectivity index (χ3n) is 5.00. The van der Waals surface area contributed by atoms with Crippen molar-refractivity contribution in [3.63, 3.8) is 0 Å². The Balaban J connectivity index is 1.35.